The van der Waals surface area contributed by atoms with Gasteiger partial charge in [-0.05, 0) is 12.8 Å². The minimum absolute atomic E-state index is 0.0908. The van der Waals surface area contributed by atoms with Crippen LogP contribution in [0.4, 0.5) is 0 Å². The summed E-state index contributed by atoms with van der Waals surface area (Å²) >= 11 is 0. The molecule has 0 saturated heterocycles. The van der Waals surface area contributed by atoms with Crippen molar-refractivity contribution in [2.75, 3.05) is 0 Å². The van der Waals surface area contributed by atoms with Crippen molar-refractivity contribution in [3.05, 3.63) is 0 Å². The maximum absolute atomic E-state index is 10.8. The number of hydrogen-bond acceptors (Lipinski definition) is 1. The molecule has 0 radical (unpaired) electrons. The maximum Gasteiger partial charge on any atom is 0.220 e. The molecule has 1 rings (SSSR count). The first-order valence-corrected chi connectivity index (χ1v) is 4.60. The van der Waals surface area contributed by atoms with E-state index < -0.39 is 0 Å². The first-order valence-electron chi connectivity index (χ1n) is 4.60. The van der Waals surface area contributed by atoms with E-state index in [0.29, 0.717) is 0 Å². The van der Waals surface area contributed by atoms with Gasteiger partial charge in [-0.15, -0.1) is 0 Å². The molecular weight excluding hydrogens is 138 g/mol. The molecule has 0 atom stereocenters. The zero-order valence-corrected chi connectivity index (χ0v) is 7.01. The molecule has 0 unspecified atom stereocenters. The van der Waals surface area contributed by atoms with Gasteiger partial charge in [0, 0.05) is 5.92 Å². The fourth-order valence-corrected chi connectivity index (χ4v) is 1.74. The van der Waals surface area contributed by atoms with Gasteiger partial charge in [0.2, 0.25) is 5.91 Å². The average Bonchev–Trinajstić information content (AvgIpc) is 1.84. The van der Waals surface area contributed by atoms with Crippen molar-refractivity contribution in [3.63, 3.8) is 0 Å². The van der Waals surface area contributed by atoms with Crippen LogP contribution in [0.15, 0.2) is 0 Å². The van der Waals surface area contributed by atoms with Gasteiger partial charge in [-0.3, -0.25) is 4.79 Å². The van der Waals surface area contributed by atoms with Crippen LogP contribution in [-0.4, -0.2) is 5.91 Å². The Morgan fingerprint density at radius 1 is 1.00 bits per heavy atom. The molecule has 2 N–H and O–H groups in total. The molecule has 1 saturated carbocycles. The van der Waals surface area contributed by atoms with Crippen LogP contribution in [0.5, 0.6) is 0 Å². The van der Waals surface area contributed by atoms with Crippen molar-refractivity contribution < 1.29 is 4.79 Å². The highest BCUT2D eigenvalue weighted by Gasteiger charge is 2.15. The lowest BCUT2D eigenvalue weighted by Gasteiger charge is -2.15. The summed E-state index contributed by atoms with van der Waals surface area (Å²) in [6, 6.07) is 0. The molecule has 0 bridgehead atoms. The summed E-state index contributed by atoms with van der Waals surface area (Å²) < 4.78 is 0. The second kappa shape index (κ2) is 4.37. The number of hydrogen-bond donors (Lipinski definition) is 1. The van der Waals surface area contributed by atoms with Gasteiger partial charge >= 0.3 is 0 Å². The predicted molar refractivity (Wildman–Crippen MR) is 45.0 cm³/mol. The van der Waals surface area contributed by atoms with Gasteiger partial charge in [-0.2, -0.15) is 0 Å². The zero-order chi connectivity index (χ0) is 8.10. The van der Waals surface area contributed by atoms with Gasteiger partial charge in [-0.25, -0.2) is 0 Å². The van der Waals surface area contributed by atoms with E-state index in [1.807, 2.05) is 0 Å². The summed E-state index contributed by atoms with van der Waals surface area (Å²) in [5.41, 5.74) is 5.25. The quantitative estimate of drug-likeness (QED) is 0.616. The fraction of sp³-hybridized carbons (Fsp3) is 0.889. The van der Waals surface area contributed by atoms with E-state index in [4.69, 9.17) is 5.73 Å². The van der Waals surface area contributed by atoms with Crippen LogP contribution in [0.25, 0.3) is 0 Å². The summed E-state index contributed by atoms with van der Waals surface area (Å²) in [5.74, 6) is 0.0854. The van der Waals surface area contributed by atoms with Crippen LogP contribution >= 0.6 is 0 Å². The average molecular weight is 155 g/mol. The maximum atomic E-state index is 10.8. The van der Waals surface area contributed by atoms with E-state index in [2.05, 4.69) is 0 Å². The lowest BCUT2D eigenvalue weighted by atomic mass is 9.91. The van der Waals surface area contributed by atoms with Gasteiger partial charge in [0.05, 0.1) is 0 Å². The Kier molecular flexibility index (Phi) is 3.40. The molecule has 64 valence electrons. The van der Waals surface area contributed by atoms with Gasteiger partial charge in [0.15, 0.2) is 0 Å². The van der Waals surface area contributed by atoms with Gasteiger partial charge in [-0.1, -0.05) is 32.1 Å². The SMILES string of the molecule is NC(=O)C1CCCCCCC1. The Labute approximate surface area is 68.2 Å². The van der Waals surface area contributed by atoms with Gasteiger partial charge < -0.3 is 5.73 Å². The smallest absolute Gasteiger partial charge is 0.220 e. The molecule has 0 aliphatic heterocycles. The first-order chi connectivity index (χ1) is 5.30. The van der Waals surface area contributed by atoms with E-state index in [-0.39, 0.29) is 11.8 Å². The topological polar surface area (TPSA) is 43.1 Å². The third kappa shape index (κ3) is 2.91. The molecular formula is C9H17NO. The highest BCUT2D eigenvalue weighted by Crippen LogP contribution is 2.21. The lowest BCUT2D eigenvalue weighted by molar-refractivity contribution is -0.122. The van der Waals surface area contributed by atoms with Crippen molar-refractivity contribution in [1.29, 1.82) is 0 Å². The van der Waals surface area contributed by atoms with Crippen LogP contribution in [0.2, 0.25) is 0 Å². The molecule has 11 heavy (non-hydrogen) atoms. The third-order valence-corrected chi connectivity index (χ3v) is 2.51. The number of carbonyl (C=O) groups excluding carboxylic acids is 1. The van der Waals surface area contributed by atoms with Crippen LogP contribution in [0.1, 0.15) is 44.9 Å². The minimum Gasteiger partial charge on any atom is -0.369 e. The molecule has 2 nitrogen and oxygen atoms in total. The normalized spacial score (nSPS) is 22.2. The number of primary amides is 1. The van der Waals surface area contributed by atoms with E-state index in [1.54, 1.807) is 0 Å². The van der Waals surface area contributed by atoms with E-state index >= 15 is 0 Å². The summed E-state index contributed by atoms with van der Waals surface area (Å²) in [5, 5.41) is 0. The second-order valence-electron chi connectivity index (χ2n) is 3.44. The lowest BCUT2D eigenvalue weighted by Crippen LogP contribution is -2.23. The molecule has 0 heterocycles. The molecule has 0 aromatic heterocycles. The molecule has 0 aromatic carbocycles. The van der Waals surface area contributed by atoms with Crippen molar-refractivity contribution in [1.82, 2.24) is 0 Å². The standard InChI is InChI=1S/C9H17NO/c10-9(11)8-6-4-2-1-3-5-7-8/h8H,1-7H2,(H2,10,11). The fourth-order valence-electron chi connectivity index (χ4n) is 1.74. The first kappa shape index (κ1) is 8.57. The Morgan fingerprint density at radius 2 is 1.45 bits per heavy atom. The highest BCUT2D eigenvalue weighted by molar-refractivity contribution is 5.76. The highest BCUT2D eigenvalue weighted by atomic mass is 16.1. The number of carbonyl (C=O) groups is 1. The number of nitrogens with two attached hydrogens (primary N) is 1. The number of rotatable bonds is 1. The van der Waals surface area contributed by atoms with Crippen molar-refractivity contribution >= 4 is 5.91 Å². The summed E-state index contributed by atoms with van der Waals surface area (Å²) in [4.78, 5) is 10.8. The van der Waals surface area contributed by atoms with Gasteiger partial charge in [0.25, 0.3) is 0 Å². The predicted octanol–water partition coefficient (Wildman–Crippen LogP) is 1.83. The molecule has 1 fully saturated rings. The summed E-state index contributed by atoms with van der Waals surface area (Å²) in [7, 11) is 0. The Balaban J connectivity index is 2.32. The van der Waals surface area contributed by atoms with Crippen LogP contribution < -0.4 is 5.73 Å². The Hall–Kier alpha value is -0.530. The Morgan fingerprint density at radius 3 is 1.91 bits per heavy atom. The van der Waals surface area contributed by atoms with Crippen LogP contribution in [0.3, 0.4) is 0 Å². The van der Waals surface area contributed by atoms with Crippen LogP contribution in [-0.2, 0) is 4.79 Å². The molecule has 1 amide bonds. The monoisotopic (exact) mass is 155 g/mol. The van der Waals surface area contributed by atoms with Crippen molar-refractivity contribution in [2.45, 2.75) is 44.9 Å². The molecule has 0 spiro atoms. The largest absolute Gasteiger partial charge is 0.369 e. The molecule has 1 aliphatic carbocycles. The van der Waals surface area contributed by atoms with Gasteiger partial charge in [0.1, 0.15) is 0 Å². The summed E-state index contributed by atoms with van der Waals surface area (Å²) in [6.07, 6.45) is 8.32. The van der Waals surface area contributed by atoms with E-state index in [0.717, 1.165) is 12.8 Å². The van der Waals surface area contributed by atoms with Crippen molar-refractivity contribution in [2.24, 2.45) is 11.7 Å². The zero-order valence-electron chi connectivity index (χ0n) is 7.01. The van der Waals surface area contributed by atoms with E-state index in [1.165, 1.54) is 32.1 Å². The van der Waals surface area contributed by atoms with Crippen molar-refractivity contribution in [3.8, 4) is 0 Å². The second-order valence-corrected chi connectivity index (χ2v) is 3.44. The minimum atomic E-state index is -0.0908. The third-order valence-electron chi connectivity index (χ3n) is 2.51. The van der Waals surface area contributed by atoms with E-state index in [9.17, 15) is 4.79 Å². The van der Waals surface area contributed by atoms with Crippen LogP contribution in [0, 0.1) is 5.92 Å². The number of amides is 1. The molecule has 1 aliphatic rings. The molecule has 0 aromatic rings. The summed E-state index contributed by atoms with van der Waals surface area (Å²) in [6.45, 7) is 0. The molecule has 2 heteroatoms. The Bertz CT molecular complexity index is 126.